The van der Waals surface area contributed by atoms with Crippen LogP contribution in [-0.4, -0.2) is 38.0 Å². The third kappa shape index (κ3) is 25.2. The summed E-state index contributed by atoms with van der Waals surface area (Å²) in [5, 5.41) is 0. The van der Waals surface area contributed by atoms with E-state index in [0.717, 1.165) is 33.4 Å². The number of allylic oxidation sites excluding steroid dienone is 42. The summed E-state index contributed by atoms with van der Waals surface area (Å²) in [6, 6.07) is 0. The van der Waals surface area contributed by atoms with Gasteiger partial charge in [0.15, 0.2) is 11.6 Å². The van der Waals surface area contributed by atoms with Crippen molar-refractivity contribution in [3.05, 3.63) is 260 Å². The zero-order valence-electron chi connectivity index (χ0n) is 59.2. The van der Waals surface area contributed by atoms with Crippen LogP contribution in [0.4, 0.5) is 0 Å². The van der Waals surface area contributed by atoms with E-state index in [9.17, 15) is 9.59 Å². The lowest BCUT2D eigenvalue weighted by Gasteiger charge is -2.39. The molecule has 0 N–H and O–H groups in total. The second kappa shape index (κ2) is 35.7. The summed E-state index contributed by atoms with van der Waals surface area (Å²) in [6.45, 7) is 48.2. The fraction of sp³-hybridized carbons (Fsp3) is 0.452. The third-order valence-electron chi connectivity index (χ3n) is 17.7. The van der Waals surface area contributed by atoms with Gasteiger partial charge in [-0.05, 0) is 165 Å². The van der Waals surface area contributed by atoms with Gasteiger partial charge in [-0.25, -0.2) is 0 Å². The highest BCUT2D eigenvalue weighted by Crippen LogP contribution is 2.46. The quantitative estimate of drug-likeness (QED) is 0.0801. The second-order valence-corrected chi connectivity index (χ2v) is 28.4. The van der Waals surface area contributed by atoms with Gasteiger partial charge in [0.05, 0.1) is 0 Å². The van der Waals surface area contributed by atoms with E-state index >= 15 is 0 Å². The number of rotatable bonds is 22. The molecule has 0 radical (unpaired) electrons. The first-order chi connectivity index (χ1) is 41.1. The van der Waals surface area contributed by atoms with E-state index in [1.807, 2.05) is 13.8 Å². The molecule has 4 aliphatic rings. The Hall–Kier alpha value is -6.46. The van der Waals surface area contributed by atoms with Crippen LogP contribution < -0.4 is 0 Å². The molecule has 0 aromatic heterocycles. The first-order valence-corrected chi connectivity index (χ1v) is 32.2. The number of Topliss-reactive ketones (excluding diaryl/α,β-unsaturated/α-hetero) is 2. The molecule has 0 aromatic rings. The van der Waals surface area contributed by atoms with Gasteiger partial charge in [-0.15, -0.1) is 0 Å². The first-order valence-electron chi connectivity index (χ1n) is 32.2. The molecule has 0 amide bonds. The monoisotopic (exact) mass is 1190 g/mol. The lowest BCUT2D eigenvalue weighted by molar-refractivity contribution is -0.128. The van der Waals surface area contributed by atoms with Gasteiger partial charge in [-0.2, -0.15) is 0 Å². The molecule has 2 unspecified atom stereocenters. The van der Waals surface area contributed by atoms with Crippen molar-refractivity contribution >= 4 is 11.6 Å². The van der Waals surface area contributed by atoms with E-state index in [1.54, 1.807) is 14.2 Å². The summed E-state index contributed by atoms with van der Waals surface area (Å²) >= 11 is 0. The van der Waals surface area contributed by atoms with Crippen LogP contribution in [0.2, 0.25) is 0 Å². The topological polar surface area (TPSA) is 52.6 Å². The van der Waals surface area contributed by atoms with Crippen LogP contribution >= 0.6 is 0 Å². The van der Waals surface area contributed by atoms with Crippen molar-refractivity contribution in [2.75, 3.05) is 14.2 Å². The smallest absolute Gasteiger partial charge is 0.187 e. The van der Waals surface area contributed by atoms with Crippen molar-refractivity contribution in [3.63, 3.8) is 0 Å². The molecule has 4 nitrogen and oxygen atoms in total. The molecule has 0 heterocycles. The van der Waals surface area contributed by atoms with Crippen molar-refractivity contribution in [1.29, 1.82) is 0 Å². The van der Waals surface area contributed by atoms with Gasteiger partial charge < -0.3 is 9.47 Å². The van der Waals surface area contributed by atoms with Crippen LogP contribution in [0.3, 0.4) is 0 Å². The minimum absolute atomic E-state index is 0.0967. The van der Waals surface area contributed by atoms with Gasteiger partial charge in [0.25, 0.3) is 0 Å². The van der Waals surface area contributed by atoms with Crippen molar-refractivity contribution < 1.29 is 19.1 Å². The summed E-state index contributed by atoms with van der Waals surface area (Å²) in [5.74, 6) is 2.52. The molecule has 0 spiro atoms. The average Bonchev–Trinajstić information content (AvgIpc) is 1.77. The summed E-state index contributed by atoms with van der Waals surface area (Å²) in [5.41, 5.74) is 16.7. The molecule has 0 aliphatic heterocycles. The zero-order chi connectivity index (χ0) is 66.2. The molecule has 0 fully saturated rings. The normalized spacial score (nSPS) is 26.0. The van der Waals surface area contributed by atoms with Gasteiger partial charge in [-0.3, -0.25) is 9.59 Å². The standard InChI is InChI=1S/2C42H58O2/c2*1-30(19-15-21-32(3)23-25-37-35(6)27-34(5)28-41(37,8)9)17-13-14-18-31(2)20-16-22-33(4)24-26-38-36(7)40(43)39(44-12)29-42(38,10)11/h2*13-27,34,37,39H,28-29H2,1-12H3/b2*14-13+,19-15+,20-16+,25-23+,26-24+,30-17+,31-18+,32-21+,33-22+/t34?,37?,39-;34-,37+,39+/m01/s1. The largest absolute Gasteiger partial charge is 0.373 e. The van der Waals surface area contributed by atoms with Gasteiger partial charge in [-0.1, -0.05) is 307 Å². The van der Waals surface area contributed by atoms with Crippen LogP contribution in [-0.2, 0) is 19.1 Å². The van der Waals surface area contributed by atoms with E-state index in [0.29, 0.717) is 47.3 Å². The van der Waals surface area contributed by atoms with E-state index in [2.05, 4.69) is 321 Å². The summed E-state index contributed by atoms with van der Waals surface area (Å²) < 4.78 is 10.8. The lowest BCUT2D eigenvalue weighted by atomic mass is 9.66. The third-order valence-corrected chi connectivity index (χ3v) is 17.7. The number of hydrogen-bond acceptors (Lipinski definition) is 4. The SMILES string of the molecule is CO[C@H]1CC(C)(C)C(/C=C/C(C)=C/C=C/C(C)=C/C=C/C=C(C)/C=C/C=C(C)/C=C/C2C(C)=CC(C)CC2(C)C)=C(C)C1=O.CO[C@H]1CC(C)(C)C(/C=C/C(C)=C/C=C/C(C)=C/C=C/C=C(C)/C=C/C=C(C)/C=C/[C@H]2C(C)=C[C@@H](C)CC2(C)C)=C(C)C1=O. The number of ketones is 2. The Labute approximate surface area is 537 Å². The number of ether oxygens (including phenoxy) is 2. The zero-order valence-corrected chi connectivity index (χ0v) is 59.2. The molecule has 4 heteroatoms. The maximum atomic E-state index is 12.6. The maximum Gasteiger partial charge on any atom is 0.187 e. The minimum atomic E-state index is -0.342. The summed E-state index contributed by atoms with van der Waals surface area (Å²) in [6.07, 6.45) is 68.0. The number of hydrogen-bond donors (Lipinski definition) is 0. The predicted molar refractivity (Wildman–Crippen MR) is 385 cm³/mol. The highest BCUT2D eigenvalue weighted by atomic mass is 16.5. The fourth-order valence-electron chi connectivity index (χ4n) is 13.0. The van der Waals surface area contributed by atoms with E-state index in [1.165, 1.54) is 57.4 Å². The highest BCUT2D eigenvalue weighted by Gasteiger charge is 2.39. The Morgan fingerprint density at radius 2 is 0.636 bits per heavy atom. The molecular formula is C84H116O4. The van der Waals surface area contributed by atoms with Crippen LogP contribution in [0.25, 0.3) is 0 Å². The van der Waals surface area contributed by atoms with Crippen LogP contribution in [0.15, 0.2) is 260 Å². The van der Waals surface area contributed by atoms with Crippen molar-refractivity contribution in [1.82, 2.24) is 0 Å². The number of carbonyl (C=O) groups is 2. The van der Waals surface area contributed by atoms with Crippen molar-refractivity contribution in [2.24, 2.45) is 45.3 Å². The Morgan fingerprint density at radius 1 is 0.386 bits per heavy atom. The second-order valence-electron chi connectivity index (χ2n) is 28.4. The average molecular weight is 1190 g/mol. The van der Waals surface area contributed by atoms with Crippen molar-refractivity contribution in [2.45, 2.75) is 190 Å². The van der Waals surface area contributed by atoms with Crippen molar-refractivity contribution in [3.8, 4) is 0 Å². The van der Waals surface area contributed by atoms with Crippen LogP contribution in [0.5, 0.6) is 0 Å². The molecule has 4 rings (SSSR count). The Balaban J connectivity index is 0.000000460. The van der Waals surface area contributed by atoms with Gasteiger partial charge >= 0.3 is 0 Å². The molecule has 0 saturated heterocycles. The number of carbonyl (C=O) groups excluding carboxylic acids is 2. The van der Waals surface area contributed by atoms with Crippen LogP contribution in [0, 0.1) is 45.3 Å². The summed E-state index contributed by atoms with van der Waals surface area (Å²) in [4.78, 5) is 25.2. The molecule has 476 valence electrons. The van der Waals surface area contributed by atoms with Gasteiger partial charge in [0.1, 0.15) is 12.2 Å². The maximum absolute atomic E-state index is 12.6. The predicted octanol–water partition coefficient (Wildman–Crippen LogP) is 23.0. The fourth-order valence-corrected chi connectivity index (χ4v) is 13.0. The molecule has 0 saturated carbocycles. The Bertz CT molecular complexity index is 2950. The Morgan fingerprint density at radius 3 is 0.898 bits per heavy atom. The van der Waals surface area contributed by atoms with E-state index < -0.39 is 0 Å². The Kier molecular flexibility index (Phi) is 30.7. The van der Waals surface area contributed by atoms with E-state index in [-0.39, 0.29) is 34.6 Å². The van der Waals surface area contributed by atoms with Gasteiger partial charge in [0.2, 0.25) is 0 Å². The van der Waals surface area contributed by atoms with E-state index in [4.69, 9.17) is 9.47 Å². The summed E-state index contributed by atoms with van der Waals surface area (Å²) in [7, 11) is 3.23. The van der Waals surface area contributed by atoms with Crippen LogP contribution in [0.1, 0.15) is 178 Å². The molecule has 0 aromatic carbocycles. The number of methoxy groups -OCH3 is 2. The molecule has 88 heavy (non-hydrogen) atoms. The van der Waals surface area contributed by atoms with Gasteiger partial charge in [0, 0.05) is 26.1 Å². The molecular weight excluding hydrogens is 1070 g/mol. The molecule has 6 atom stereocenters. The molecule has 0 bridgehead atoms. The molecule has 4 aliphatic carbocycles. The minimum Gasteiger partial charge on any atom is -0.373 e. The lowest BCUT2D eigenvalue weighted by Crippen LogP contribution is -2.37. The highest BCUT2D eigenvalue weighted by molar-refractivity contribution is 6.01. The first kappa shape index (κ1) is 75.8.